The first-order valence-corrected chi connectivity index (χ1v) is 12.5. The Morgan fingerprint density at radius 3 is 2.61 bits per heavy atom. The first kappa shape index (κ1) is 25.7. The molecule has 33 heavy (non-hydrogen) atoms. The average molecular weight is 520 g/mol. The zero-order valence-electron chi connectivity index (χ0n) is 19.6. The summed E-state index contributed by atoms with van der Waals surface area (Å²) in [4.78, 5) is 26.5. The van der Waals surface area contributed by atoms with Gasteiger partial charge in [-0.1, -0.05) is 53.4 Å². The van der Waals surface area contributed by atoms with Gasteiger partial charge in [-0.05, 0) is 55.9 Å². The zero-order chi connectivity index (χ0) is 24.3. The Balaban J connectivity index is 1.85. The monoisotopic (exact) mass is 519 g/mol. The number of phenols is 1. The number of likely N-dealkylation sites (tertiary alicyclic amines) is 1. The molecule has 1 aliphatic heterocycles. The van der Waals surface area contributed by atoms with Crippen molar-refractivity contribution in [3.8, 4) is 5.75 Å². The number of hydrogen-bond acceptors (Lipinski definition) is 5. The van der Waals surface area contributed by atoms with Crippen LogP contribution in [0, 0.1) is 17.8 Å². The van der Waals surface area contributed by atoms with E-state index in [2.05, 4.69) is 22.9 Å². The molecule has 3 rings (SSSR count). The molecule has 0 spiro atoms. The molecule has 1 saturated heterocycles. The van der Waals surface area contributed by atoms with Gasteiger partial charge in [0, 0.05) is 23.0 Å². The van der Waals surface area contributed by atoms with E-state index < -0.39 is 23.9 Å². The number of imide groups is 1. The molecule has 6 nitrogen and oxygen atoms in total. The number of fused-ring (bicyclic) bond motifs is 1. The van der Waals surface area contributed by atoms with Gasteiger partial charge in [0.05, 0.1) is 24.5 Å². The van der Waals surface area contributed by atoms with E-state index in [0.717, 1.165) is 39.6 Å². The summed E-state index contributed by atoms with van der Waals surface area (Å²) in [7, 11) is 1.50. The van der Waals surface area contributed by atoms with Crippen LogP contribution in [-0.2, 0) is 9.59 Å². The molecule has 3 N–H and O–H groups in total. The van der Waals surface area contributed by atoms with Gasteiger partial charge in [-0.15, -0.1) is 0 Å². The van der Waals surface area contributed by atoms with E-state index >= 15 is 0 Å². The summed E-state index contributed by atoms with van der Waals surface area (Å²) in [5, 5.41) is 31.6. The number of carbonyl (C=O) groups is 2. The number of aromatic hydroxyl groups is 1. The van der Waals surface area contributed by atoms with E-state index in [1.807, 2.05) is 19.1 Å². The summed E-state index contributed by atoms with van der Waals surface area (Å²) in [6.07, 6.45) is 5.15. The van der Waals surface area contributed by atoms with Crippen LogP contribution in [0.5, 0.6) is 5.75 Å². The summed E-state index contributed by atoms with van der Waals surface area (Å²) in [6.45, 7) is 3.80. The Morgan fingerprint density at radius 2 is 1.97 bits per heavy atom. The van der Waals surface area contributed by atoms with Crippen molar-refractivity contribution in [3.05, 3.63) is 45.0 Å². The van der Waals surface area contributed by atoms with Crippen LogP contribution in [0.2, 0.25) is 0 Å². The van der Waals surface area contributed by atoms with Crippen LogP contribution in [0.1, 0.15) is 57.9 Å². The average Bonchev–Trinajstić information content (AvgIpc) is 3.02. The van der Waals surface area contributed by atoms with E-state index in [9.17, 15) is 24.9 Å². The summed E-state index contributed by atoms with van der Waals surface area (Å²) in [5.74, 6) is -1.83. The number of nitrogens with zero attached hydrogens (tertiary/aromatic N) is 1. The standard InChI is InChI=1S/C26H34BrNO5/c1-4-6-15(11-17-12-18(27)8-10-21(17)30)7-9-22(31)23-16(5-2)13-19-24(20(23)14-29)26(33)28(3)25(19)32/h8,10-12,19-20,22,24,29-31H,4-7,9,13-14H2,1-3H3/b15-11+/t19-,20+,22-,24-/m1/s1. The van der Waals surface area contributed by atoms with Crippen LogP contribution in [0.15, 0.2) is 39.4 Å². The first-order valence-electron chi connectivity index (χ1n) is 11.7. The Bertz CT molecular complexity index is 969. The molecule has 4 atom stereocenters. The minimum Gasteiger partial charge on any atom is -0.507 e. The molecular weight excluding hydrogens is 486 g/mol. The lowest BCUT2D eigenvalue weighted by molar-refractivity contribution is -0.138. The van der Waals surface area contributed by atoms with Crippen molar-refractivity contribution in [1.82, 2.24) is 4.90 Å². The van der Waals surface area contributed by atoms with E-state index in [1.54, 1.807) is 12.1 Å². The predicted molar refractivity (Wildman–Crippen MR) is 131 cm³/mol. The number of aliphatic hydroxyl groups excluding tert-OH is 2. The second-order valence-electron chi connectivity index (χ2n) is 9.08. The highest BCUT2D eigenvalue weighted by Crippen LogP contribution is 2.46. The maximum Gasteiger partial charge on any atom is 0.233 e. The number of carbonyl (C=O) groups excluding carboxylic acids is 2. The number of benzene rings is 1. The highest BCUT2D eigenvalue weighted by atomic mass is 79.9. The van der Waals surface area contributed by atoms with Crippen LogP contribution in [-0.4, -0.2) is 51.8 Å². The minimum absolute atomic E-state index is 0.190. The van der Waals surface area contributed by atoms with Gasteiger partial charge in [-0.25, -0.2) is 0 Å². The number of halogens is 1. The molecule has 1 heterocycles. The van der Waals surface area contributed by atoms with E-state index in [-0.39, 0.29) is 24.2 Å². The normalized spacial score (nSPS) is 24.5. The summed E-state index contributed by atoms with van der Waals surface area (Å²) < 4.78 is 0.878. The third kappa shape index (κ3) is 5.26. The van der Waals surface area contributed by atoms with E-state index in [1.165, 1.54) is 11.9 Å². The van der Waals surface area contributed by atoms with Crippen molar-refractivity contribution in [2.75, 3.05) is 13.7 Å². The molecule has 2 aliphatic rings. The second kappa shape index (κ2) is 11.0. The van der Waals surface area contributed by atoms with Gasteiger partial charge >= 0.3 is 0 Å². The van der Waals surface area contributed by atoms with Gasteiger partial charge < -0.3 is 15.3 Å². The highest BCUT2D eigenvalue weighted by molar-refractivity contribution is 9.10. The third-order valence-corrected chi connectivity index (χ3v) is 7.54. The van der Waals surface area contributed by atoms with Crippen molar-refractivity contribution in [2.45, 2.75) is 58.5 Å². The maximum atomic E-state index is 12.7. The van der Waals surface area contributed by atoms with Crippen LogP contribution >= 0.6 is 15.9 Å². The van der Waals surface area contributed by atoms with Crippen molar-refractivity contribution in [3.63, 3.8) is 0 Å². The Labute approximate surface area is 204 Å². The van der Waals surface area contributed by atoms with Crippen molar-refractivity contribution in [1.29, 1.82) is 0 Å². The Morgan fingerprint density at radius 1 is 1.24 bits per heavy atom. The fourth-order valence-electron chi connectivity index (χ4n) is 5.38. The van der Waals surface area contributed by atoms with E-state index in [0.29, 0.717) is 25.7 Å². The topological polar surface area (TPSA) is 98.1 Å². The van der Waals surface area contributed by atoms with Gasteiger partial charge in [0.1, 0.15) is 5.75 Å². The molecule has 0 unspecified atom stereocenters. The van der Waals surface area contributed by atoms with Crippen LogP contribution < -0.4 is 0 Å². The third-order valence-electron chi connectivity index (χ3n) is 7.05. The molecule has 7 heteroatoms. The van der Waals surface area contributed by atoms with Crippen LogP contribution in [0.4, 0.5) is 0 Å². The first-order chi connectivity index (χ1) is 15.7. The molecule has 1 aliphatic carbocycles. The van der Waals surface area contributed by atoms with Crippen molar-refractivity contribution >= 4 is 33.8 Å². The highest BCUT2D eigenvalue weighted by Gasteiger charge is 2.53. The molecule has 0 aromatic heterocycles. The molecule has 2 amide bonds. The largest absolute Gasteiger partial charge is 0.507 e. The summed E-state index contributed by atoms with van der Waals surface area (Å²) >= 11 is 3.44. The maximum absolute atomic E-state index is 12.7. The summed E-state index contributed by atoms with van der Waals surface area (Å²) in [5.41, 5.74) is 3.55. The van der Waals surface area contributed by atoms with Gasteiger partial charge in [-0.3, -0.25) is 14.5 Å². The Kier molecular flexibility index (Phi) is 8.54. The zero-order valence-corrected chi connectivity index (χ0v) is 21.1. The lowest BCUT2D eigenvalue weighted by atomic mass is 9.67. The van der Waals surface area contributed by atoms with Gasteiger partial charge in [0.15, 0.2) is 0 Å². The van der Waals surface area contributed by atoms with Crippen LogP contribution in [0.25, 0.3) is 6.08 Å². The second-order valence-corrected chi connectivity index (χ2v) is 10.00. The molecule has 1 fully saturated rings. The van der Waals surface area contributed by atoms with Gasteiger partial charge in [-0.2, -0.15) is 0 Å². The molecule has 1 aromatic carbocycles. The quantitative estimate of drug-likeness (QED) is 0.331. The van der Waals surface area contributed by atoms with Gasteiger partial charge in [0.25, 0.3) is 0 Å². The number of rotatable bonds is 9. The fraction of sp³-hybridized carbons (Fsp3) is 0.538. The lowest BCUT2D eigenvalue weighted by Crippen LogP contribution is -2.39. The number of allylic oxidation sites excluding steroid dienone is 2. The Hall–Kier alpha value is -1.96. The fourth-order valence-corrected chi connectivity index (χ4v) is 5.76. The molecule has 0 bridgehead atoms. The van der Waals surface area contributed by atoms with E-state index in [4.69, 9.17) is 0 Å². The lowest BCUT2D eigenvalue weighted by Gasteiger charge is -2.36. The molecule has 180 valence electrons. The molecule has 0 saturated carbocycles. The minimum atomic E-state index is -0.803. The van der Waals surface area contributed by atoms with Crippen molar-refractivity contribution in [2.24, 2.45) is 17.8 Å². The van der Waals surface area contributed by atoms with Gasteiger partial charge in [0.2, 0.25) is 11.8 Å². The number of amides is 2. The van der Waals surface area contributed by atoms with Crippen molar-refractivity contribution < 1.29 is 24.9 Å². The predicted octanol–water partition coefficient (Wildman–Crippen LogP) is 4.43. The number of aliphatic hydroxyl groups is 2. The molecule has 1 aromatic rings. The number of hydrogen-bond donors (Lipinski definition) is 3. The van der Waals surface area contributed by atoms with Crippen LogP contribution in [0.3, 0.4) is 0 Å². The summed E-state index contributed by atoms with van der Waals surface area (Å²) in [6, 6.07) is 5.29. The smallest absolute Gasteiger partial charge is 0.233 e. The SMILES string of the molecule is CCC/C(=C\c1cc(Br)ccc1O)CC[C@@H](O)C1=C(CC)C[C@H]2C(=O)N(C)C(=O)[C@H]2[C@H]1CO. The number of phenolic OH excluding ortho intramolecular Hbond substituents is 1. The molecule has 0 radical (unpaired) electrons. The molecular formula is C26H34BrNO5.